The van der Waals surface area contributed by atoms with Gasteiger partial charge in [-0.3, -0.25) is 4.79 Å². The highest BCUT2D eigenvalue weighted by Crippen LogP contribution is 2.25. The Morgan fingerprint density at radius 3 is 2.26 bits per heavy atom. The molecule has 0 saturated carbocycles. The number of hydrogen-bond donors (Lipinski definition) is 1. The molecule has 0 aromatic heterocycles. The van der Waals surface area contributed by atoms with Gasteiger partial charge in [-0.1, -0.05) is 19.1 Å². The Kier molecular flexibility index (Phi) is 8.21. The molecule has 0 saturated heterocycles. The lowest BCUT2D eigenvalue weighted by molar-refractivity contribution is -0.114. The molecule has 0 heterocycles. The molecular formula is C21H28N2O6S2. The number of anilines is 1. The highest BCUT2D eigenvalue weighted by atomic mass is 32.2. The fourth-order valence-electron chi connectivity index (χ4n) is 2.81. The third-order valence-electron chi connectivity index (χ3n) is 4.68. The molecule has 0 aliphatic rings. The van der Waals surface area contributed by atoms with Crippen molar-refractivity contribution in [2.75, 3.05) is 11.1 Å². The molecule has 1 N–H and O–H groups in total. The Labute approximate surface area is 184 Å². The molecular weight excluding hydrogens is 440 g/mol. The lowest BCUT2D eigenvalue weighted by Gasteiger charge is -2.28. The first-order chi connectivity index (χ1) is 14.5. The first-order valence-corrected chi connectivity index (χ1v) is 12.9. The summed E-state index contributed by atoms with van der Waals surface area (Å²) in [5, 5.41) is 2.61. The van der Waals surface area contributed by atoms with Gasteiger partial charge in [-0.05, 0) is 62.2 Å². The zero-order chi connectivity index (χ0) is 23.2. The molecule has 1 amide bonds. The number of carbonyl (C=O) groups is 1. The zero-order valence-electron chi connectivity index (χ0n) is 18.0. The summed E-state index contributed by atoms with van der Waals surface area (Å²) >= 11 is 0. The Morgan fingerprint density at radius 1 is 1.06 bits per heavy atom. The summed E-state index contributed by atoms with van der Waals surface area (Å²) in [5.74, 6) is -0.274. The topological polar surface area (TPSA) is 110 Å². The van der Waals surface area contributed by atoms with E-state index in [0.717, 1.165) is 0 Å². The van der Waals surface area contributed by atoms with Crippen molar-refractivity contribution in [3.63, 3.8) is 0 Å². The molecule has 2 aromatic carbocycles. The lowest BCUT2D eigenvalue weighted by atomic mass is 10.2. The maximum Gasteiger partial charge on any atom is 0.308 e. The largest absolute Gasteiger partial charge is 0.382 e. The second-order valence-corrected chi connectivity index (χ2v) is 10.8. The highest BCUT2D eigenvalue weighted by Gasteiger charge is 2.28. The van der Waals surface area contributed by atoms with E-state index in [-0.39, 0.29) is 34.9 Å². The Morgan fingerprint density at radius 2 is 1.71 bits per heavy atom. The molecule has 0 aliphatic heterocycles. The summed E-state index contributed by atoms with van der Waals surface area (Å²) in [4.78, 5) is 11.3. The highest BCUT2D eigenvalue weighted by molar-refractivity contribution is 7.89. The summed E-state index contributed by atoms with van der Waals surface area (Å²) < 4.78 is 56.6. The summed E-state index contributed by atoms with van der Waals surface area (Å²) in [6.45, 7) is 6.60. The number of nitrogens with zero attached hydrogens (tertiary/aromatic N) is 1. The van der Waals surface area contributed by atoms with Crippen molar-refractivity contribution < 1.29 is 25.8 Å². The number of nitrogens with one attached hydrogen (secondary N) is 1. The fourth-order valence-corrected chi connectivity index (χ4v) is 5.02. The number of hydrogen-bond acceptors (Lipinski definition) is 6. The van der Waals surface area contributed by atoms with Gasteiger partial charge in [0.05, 0.1) is 10.6 Å². The number of carbonyl (C=O) groups excluding carboxylic acids is 1. The van der Waals surface area contributed by atoms with Crippen LogP contribution < -0.4 is 9.50 Å². The van der Waals surface area contributed by atoms with Crippen LogP contribution in [0.15, 0.2) is 53.4 Å². The predicted molar refractivity (Wildman–Crippen MR) is 120 cm³/mol. The van der Waals surface area contributed by atoms with E-state index in [1.165, 1.54) is 54.6 Å². The Bertz CT molecular complexity index is 1110. The van der Waals surface area contributed by atoms with Crippen LogP contribution in [0.5, 0.6) is 5.75 Å². The molecule has 1 atom stereocenters. The van der Waals surface area contributed by atoms with Crippen LogP contribution in [0.4, 0.5) is 5.69 Å². The molecule has 2 aromatic rings. The van der Waals surface area contributed by atoms with Crippen molar-refractivity contribution in [1.82, 2.24) is 4.31 Å². The normalized spacial score (nSPS) is 13.1. The third kappa shape index (κ3) is 6.78. The van der Waals surface area contributed by atoms with Crippen molar-refractivity contribution in [3.05, 3.63) is 54.1 Å². The van der Waals surface area contributed by atoms with E-state index in [9.17, 15) is 21.6 Å². The second-order valence-electron chi connectivity index (χ2n) is 7.09. The van der Waals surface area contributed by atoms with Crippen LogP contribution in [0, 0.1) is 0 Å². The average molecular weight is 469 g/mol. The van der Waals surface area contributed by atoms with E-state index >= 15 is 0 Å². The lowest BCUT2D eigenvalue weighted by Crippen LogP contribution is -2.37. The van der Waals surface area contributed by atoms with Gasteiger partial charge >= 0.3 is 10.1 Å². The molecule has 0 fully saturated rings. The first-order valence-electron chi connectivity index (χ1n) is 9.89. The van der Waals surface area contributed by atoms with Gasteiger partial charge in [-0.15, -0.1) is 0 Å². The Hall–Kier alpha value is -2.43. The van der Waals surface area contributed by atoms with Crippen molar-refractivity contribution in [1.29, 1.82) is 0 Å². The van der Waals surface area contributed by atoms with Gasteiger partial charge in [0, 0.05) is 25.2 Å². The monoisotopic (exact) mass is 468 g/mol. The minimum atomic E-state index is -3.85. The molecule has 2 rings (SSSR count). The SMILES string of the molecule is CCC(C)N(Cc1cccc(OS(=O)(=O)CC)c1)S(=O)(=O)c1ccc(NC(C)=O)cc1. The first kappa shape index (κ1) is 24.8. The number of sulfonamides is 1. The van der Waals surface area contributed by atoms with Crippen molar-refractivity contribution in [3.8, 4) is 5.75 Å². The zero-order valence-corrected chi connectivity index (χ0v) is 19.7. The van der Waals surface area contributed by atoms with Crippen LogP contribution in [0.2, 0.25) is 0 Å². The van der Waals surface area contributed by atoms with Crippen LogP contribution in [0.25, 0.3) is 0 Å². The van der Waals surface area contributed by atoms with Gasteiger partial charge in [0.25, 0.3) is 0 Å². The van der Waals surface area contributed by atoms with E-state index in [2.05, 4.69) is 5.32 Å². The smallest absolute Gasteiger partial charge is 0.308 e. The van der Waals surface area contributed by atoms with Crippen molar-refractivity contribution >= 4 is 31.7 Å². The summed E-state index contributed by atoms with van der Waals surface area (Å²) in [6.07, 6.45) is 0.587. The molecule has 10 heteroatoms. The maximum atomic E-state index is 13.3. The summed E-state index contributed by atoms with van der Waals surface area (Å²) in [7, 11) is -7.53. The van der Waals surface area contributed by atoms with Crippen LogP contribution in [-0.4, -0.2) is 38.8 Å². The quantitative estimate of drug-likeness (QED) is 0.536. The third-order valence-corrected chi connectivity index (χ3v) is 7.81. The number of amides is 1. The molecule has 31 heavy (non-hydrogen) atoms. The van der Waals surface area contributed by atoms with E-state index in [1.807, 2.05) is 13.8 Å². The van der Waals surface area contributed by atoms with Crippen molar-refractivity contribution in [2.45, 2.75) is 51.6 Å². The molecule has 0 aliphatic carbocycles. The molecule has 1 unspecified atom stereocenters. The van der Waals surface area contributed by atoms with Gasteiger partial charge in [0.15, 0.2) is 0 Å². The molecule has 0 radical (unpaired) electrons. The molecule has 8 nitrogen and oxygen atoms in total. The standard InChI is InChI=1S/C21H28N2O6S2/c1-5-16(3)23(15-18-8-7-9-20(14-18)29-30(25,26)6-2)31(27,28)21-12-10-19(11-13-21)22-17(4)24/h7-14,16H,5-6,15H2,1-4H3,(H,22,24). The van der Waals surface area contributed by atoms with Gasteiger partial charge in [0.2, 0.25) is 15.9 Å². The van der Waals surface area contributed by atoms with E-state index in [1.54, 1.807) is 12.1 Å². The van der Waals surface area contributed by atoms with E-state index < -0.39 is 20.1 Å². The van der Waals surface area contributed by atoms with Gasteiger partial charge in [0.1, 0.15) is 5.75 Å². The van der Waals surface area contributed by atoms with Crippen LogP contribution in [0.3, 0.4) is 0 Å². The maximum absolute atomic E-state index is 13.3. The van der Waals surface area contributed by atoms with Crippen molar-refractivity contribution in [2.24, 2.45) is 0 Å². The van der Waals surface area contributed by atoms with Gasteiger partial charge < -0.3 is 9.50 Å². The Balaban J connectivity index is 2.34. The van der Waals surface area contributed by atoms with Crippen LogP contribution in [0.1, 0.15) is 39.7 Å². The average Bonchev–Trinajstić information content (AvgIpc) is 2.71. The number of rotatable bonds is 10. The fraction of sp³-hybridized carbons (Fsp3) is 0.381. The van der Waals surface area contributed by atoms with E-state index in [0.29, 0.717) is 17.7 Å². The van der Waals surface area contributed by atoms with Gasteiger partial charge in [-0.2, -0.15) is 12.7 Å². The van der Waals surface area contributed by atoms with Crippen LogP contribution in [-0.2, 0) is 31.5 Å². The summed E-state index contributed by atoms with van der Waals surface area (Å²) in [5.41, 5.74) is 1.10. The second kappa shape index (κ2) is 10.3. The molecule has 0 bridgehead atoms. The molecule has 170 valence electrons. The summed E-state index contributed by atoms with van der Waals surface area (Å²) in [6, 6.07) is 12.0. The van der Waals surface area contributed by atoms with Crippen LogP contribution >= 0.6 is 0 Å². The van der Waals surface area contributed by atoms with E-state index in [4.69, 9.17) is 4.18 Å². The minimum Gasteiger partial charge on any atom is -0.382 e. The minimum absolute atomic E-state index is 0.0498. The number of benzene rings is 2. The molecule has 0 spiro atoms. The predicted octanol–water partition coefficient (Wildman–Crippen LogP) is 3.36. The van der Waals surface area contributed by atoms with Gasteiger partial charge in [-0.25, -0.2) is 8.42 Å².